The third-order valence-corrected chi connectivity index (χ3v) is 5.36. The van der Waals surface area contributed by atoms with Gasteiger partial charge in [-0.05, 0) is 70.0 Å². The Hall–Kier alpha value is -3.03. The average molecular weight is 527 g/mol. The molecule has 4 rings (SSSR count). The van der Waals surface area contributed by atoms with Gasteiger partial charge in [-0.3, -0.25) is 0 Å². The Morgan fingerprint density at radius 2 is 1.73 bits per heavy atom. The molecule has 0 aromatic heterocycles. The molecule has 148 valence electrons. The molecule has 0 saturated heterocycles. The lowest BCUT2D eigenvalue weighted by Gasteiger charge is -2.06. The lowest BCUT2D eigenvalue weighted by atomic mass is 10.2. The molecule has 3 aromatic carbocycles. The van der Waals surface area contributed by atoms with Crippen molar-refractivity contribution >= 4 is 55.8 Å². The Labute approximate surface area is 189 Å². The smallest absolute Gasteiger partial charge is 0.363 e. The van der Waals surface area contributed by atoms with Gasteiger partial charge in [0.2, 0.25) is 5.90 Å². The highest BCUT2D eigenvalue weighted by molar-refractivity contribution is 9.10. The maximum Gasteiger partial charge on any atom is 0.363 e. The van der Waals surface area contributed by atoms with Crippen molar-refractivity contribution in [2.75, 3.05) is 0 Å². The Kier molecular flexibility index (Phi) is 5.92. The molecule has 0 amide bonds. The second kappa shape index (κ2) is 8.77. The molecule has 30 heavy (non-hydrogen) atoms. The van der Waals surface area contributed by atoms with Crippen molar-refractivity contribution in [3.8, 4) is 5.75 Å². The van der Waals surface area contributed by atoms with Gasteiger partial charge in [0.05, 0.1) is 5.56 Å². The molecule has 7 heteroatoms. The Morgan fingerprint density at radius 3 is 2.47 bits per heavy atom. The summed E-state index contributed by atoms with van der Waals surface area (Å²) in [4.78, 5) is 28.7. The van der Waals surface area contributed by atoms with Gasteiger partial charge in [0, 0.05) is 14.5 Å². The van der Waals surface area contributed by atoms with Crippen molar-refractivity contribution in [3.05, 3.63) is 104 Å². The fourth-order valence-electron chi connectivity index (χ4n) is 2.73. The number of aliphatic imine (C=N–C) groups is 1. The maximum absolute atomic E-state index is 12.3. The van der Waals surface area contributed by atoms with Crippen molar-refractivity contribution in [2.24, 2.45) is 4.99 Å². The second-order valence-corrected chi connectivity index (χ2v) is 8.05. The van der Waals surface area contributed by atoms with E-state index in [1.807, 2.05) is 30.3 Å². The molecule has 0 aliphatic carbocycles. The van der Waals surface area contributed by atoms with Gasteiger partial charge in [-0.15, -0.1) is 0 Å². The summed E-state index contributed by atoms with van der Waals surface area (Å²) in [5, 5.41) is 0. The Bertz CT molecular complexity index is 1200. The lowest BCUT2D eigenvalue weighted by molar-refractivity contribution is -0.129. The molecular weight excluding hydrogens is 514 g/mol. The van der Waals surface area contributed by atoms with Crippen LogP contribution in [0.3, 0.4) is 0 Å². The predicted octanol–water partition coefficient (Wildman–Crippen LogP) is 5.78. The number of rotatable bonds is 4. The summed E-state index contributed by atoms with van der Waals surface area (Å²) < 4.78 is 12.2. The van der Waals surface area contributed by atoms with Crippen LogP contribution in [0.5, 0.6) is 5.75 Å². The van der Waals surface area contributed by atoms with Crippen LogP contribution in [0.1, 0.15) is 21.5 Å². The van der Waals surface area contributed by atoms with Crippen molar-refractivity contribution in [1.82, 2.24) is 0 Å². The maximum atomic E-state index is 12.3. The number of cyclic esters (lactones) is 1. The van der Waals surface area contributed by atoms with Crippen molar-refractivity contribution in [1.29, 1.82) is 0 Å². The monoisotopic (exact) mass is 525 g/mol. The third-order valence-electron chi connectivity index (χ3n) is 4.18. The van der Waals surface area contributed by atoms with Gasteiger partial charge in [0.25, 0.3) is 0 Å². The summed E-state index contributed by atoms with van der Waals surface area (Å²) in [6.07, 6.45) is 1.62. The molecule has 0 radical (unpaired) electrons. The SMILES string of the molecule is O=C1OC(c2cccc(Br)c2)=N/C1=C\c1ccc(OC(=O)c2ccccc2Br)cc1. The van der Waals surface area contributed by atoms with Crippen LogP contribution in [0.4, 0.5) is 0 Å². The first-order chi connectivity index (χ1) is 14.5. The molecule has 5 nitrogen and oxygen atoms in total. The van der Waals surface area contributed by atoms with E-state index in [0.717, 1.165) is 10.0 Å². The summed E-state index contributed by atoms with van der Waals surface area (Å²) in [6.45, 7) is 0. The zero-order chi connectivity index (χ0) is 21.1. The Morgan fingerprint density at radius 1 is 0.967 bits per heavy atom. The van der Waals surface area contributed by atoms with Crippen molar-refractivity contribution in [2.45, 2.75) is 0 Å². The summed E-state index contributed by atoms with van der Waals surface area (Å²) >= 11 is 6.72. The summed E-state index contributed by atoms with van der Waals surface area (Å²) in [5.74, 6) is -0.331. The number of hydrogen-bond acceptors (Lipinski definition) is 5. The molecule has 0 saturated carbocycles. The van der Waals surface area contributed by atoms with Gasteiger partial charge in [-0.1, -0.05) is 46.3 Å². The van der Waals surface area contributed by atoms with E-state index >= 15 is 0 Å². The summed E-state index contributed by atoms with van der Waals surface area (Å²) in [6, 6.07) is 21.2. The van der Waals surface area contributed by atoms with Crippen LogP contribution in [-0.4, -0.2) is 17.8 Å². The first-order valence-corrected chi connectivity index (χ1v) is 10.4. The predicted molar refractivity (Wildman–Crippen MR) is 120 cm³/mol. The van der Waals surface area contributed by atoms with E-state index in [2.05, 4.69) is 36.9 Å². The van der Waals surface area contributed by atoms with Gasteiger partial charge in [0.15, 0.2) is 5.70 Å². The minimum Gasteiger partial charge on any atom is -0.423 e. The molecule has 1 heterocycles. The number of halogens is 2. The summed E-state index contributed by atoms with van der Waals surface area (Å²) in [5.41, 5.74) is 2.06. The number of carbonyl (C=O) groups is 2. The second-order valence-electron chi connectivity index (χ2n) is 6.28. The van der Waals surface area contributed by atoms with Crippen LogP contribution in [-0.2, 0) is 9.53 Å². The van der Waals surface area contributed by atoms with E-state index in [1.165, 1.54) is 0 Å². The molecular formula is C23H13Br2NO4. The van der Waals surface area contributed by atoms with Crippen LogP contribution in [0.2, 0.25) is 0 Å². The number of esters is 2. The van der Waals surface area contributed by atoms with Crippen LogP contribution in [0.15, 0.2) is 92.4 Å². The van der Waals surface area contributed by atoms with Crippen molar-refractivity contribution < 1.29 is 19.1 Å². The Balaban J connectivity index is 1.50. The topological polar surface area (TPSA) is 65.0 Å². The molecule has 0 bridgehead atoms. The first kappa shape index (κ1) is 20.3. The zero-order valence-corrected chi connectivity index (χ0v) is 18.5. The fraction of sp³-hybridized carbons (Fsp3) is 0. The van der Waals surface area contributed by atoms with E-state index in [4.69, 9.17) is 9.47 Å². The highest BCUT2D eigenvalue weighted by atomic mass is 79.9. The van der Waals surface area contributed by atoms with Crippen LogP contribution >= 0.6 is 31.9 Å². The molecule has 1 aliphatic rings. The van der Waals surface area contributed by atoms with Gasteiger partial charge in [-0.25, -0.2) is 14.6 Å². The quantitative estimate of drug-likeness (QED) is 0.246. The molecule has 0 N–H and O–H groups in total. The number of benzene rings is 3. The number of nitrogens with zero attached hydrogens (tertiary/aromatic N) is 1. The number of ether oxygens (including phenoxy) is 2. The van der Waals surface area contributed by atoms with E-state index < -0.39 is 11.9 Å². The highest BCUT2D eigenvalue weighted by Crippen LogP contribution is 2.23. The summed E-state index contributed by atoms with van der Waals surface area (Å²) in [7, 11) is 0. The van der Waals surface area contributed by atoms with E-state index in [1.54, 1.807) is 48.5 Å². The van der Waals surface area contributed by atoms with Gasteiger partial charge < -0.3 is 9.47 Å². The number of carbonyl (C=O) groups excluding carboxylic acids is 2. The minimum absolute atomic E-state index is 0.197. The molecule has 0 unspecified atom stereocenters. The fourth-order valence-corrected chi connectivity index (χ4v) is 3.58. The third kappa shape index (κ3) is 4.58. The lowest BCUT2D eigenvalue weighted by Crippen LogP contribution is -2.09. The standard InChI is InChI=1S/C23H13Br2NO4/c24-16-5-3-4-15(13-16)21-26-20(23(28)30-21)12-14-8-10-17(11-9-14)29-22(27)18-6-1-2-7-19(18)25/h1-13H/b20-12-. The van der Waals surface area contributed by atoms with Crippen LogP contribution in [0, 0.1) is 0 Å². The van der Waals surface area contributed by atoms with Gasteiger partial charge in [-0.2, -0.15) is 0 Å². The molecule has 3 aromatic rings. The largest absolute Gasteiger partial charge is 0.423 e. The first-order valence-electron chi connectivity index (χ1n) is 8.85. The zero-order valence-electron chi connectivity index (χ0n) is 15.3. The van der Waals surface area contributed by atoms with E-state index in [9.17, 15) is 9.59 Å². The minimum atomic E-state index is -0.519. The van der Waals surface area contributed by atoms with E-state index in [0.29, 0.717) is 21.3 Å². The van der Waals surface area contributed by atoms with Crippen LogP contribution in [0.25, 0.3) is 6.08 Å². The molecule has 0 spiro atoms. The molecule has 1 aliphatic heterocycles. The molecule has 0 atom stereocenters. The van der Waals surface area contributed by atoms with Gasteiger partial charge in [0.1, 0.15) is 5.75 Å². The highest BCUT2D eigenvalue weighted by Gasteiger charge is 2.24. The van der Waals surface area contributed by atoms with Crippen molar-refractivity contribution in [3.63, 3.8) is 0 Å². The molecule has 0 fully saturated rings. The normalized spacial score (nSPS) is 14.4. The number of hydrogen-bond donors (Lipinski definition) is 0. The average Bonchev–Trinajstić information content (AvgIpc) is 3.10. The van der Waals surface area contributed by atoms with E-state index in [-0.39, 0.29) is 11.6 Å². The van der Waals surface area contributed by atoms with Crippen LogP contribution < -0.4 is 4.74 Å². The van der Waals surface area contributed by atoms with Gasteiger partial charge >= 0.3 is 11.9 Å².